The molecule has 0 saturated carbocycles. The van der Waals surface area contributed by atoms with Gasteiger partial charge in [0.05, 0.1) is 25.6 Å². The smallest absolute Gasteiger partial charge is 0.917 e. The summed E-state index contributed by atoms with van der Waals surface area (Å²) in [6.45, 7) is 0.218. The molecule has 0 aliphatic rings. The van der Waals surface area contributed by atoms with Gasteiger partial charge in [0.1, 0.15) is 0 Å². The Morgan fingerprint density at radius 3 is 0.750 bits per heavy atom. The predicted octanol–water partition coefficient (Wildman–Crippen LogP) is -18.5. The van der Waals surface area contributed by atoms with Crippen LogP contribution >= 0.6 is 0 Å². The molecule has 0 fully saturated rings. The van der Waals surface area contributed by atoms with Crippen LogP contribution in [0.15, 0.2) is 0 Å². The number of rotatable bonds is 9. The van der Waals surface area contributed by atoms with Crippen molar-refractivity contribution >= 4 is 63.3 Å². The summed E-state index contributed by atoms with van der Waals surface area (Å²) in [6.07, 6.45) is 0. The van der Waals surface area contributed by atoms with Crippen LogP contribution in [0.25, 0.3) is 0 Å². The van der Waals surface area contributed by atoms with Crippen LogP contribution in [0.3, 0.4) is 0 Å². The zero-order valence-electron chi connectivity index (χ0n) is 23.6. The van der Waals surface area contributed by atoms with Crippen molar-refractivity contribution in [3.8, 4) is 0 Å². The summed E-state index contributed by atoms with van der Waals surface area (Å²) in [6, 6.07) is 0. The number of hydrogen-bond acceptors (Lipinski definition) is 23. The molecule has 0 heterocycles. The third kappa shape index (κ3) is 267. The van der Waals surface area contributed by atoms with Crippen molar-refractivity contribution in [3.63, 3.8) is 0 Å². The number of aliphatic hydroxyl groups excluding tert-OH is 1. The summed E-state index contributed by atoms with van der Waals surface area (Å²) in [7, 11) is -23.2. The molecule has 0 aromatic carbocycles. The van der Waals surface area contributed by atoms with E-state index in [0.717, 1.165) is 0 Å². The SMILES string of the molecule is NCCO.NCCOS(=O)(=O)O.NCCOS(=O)(=O)O.NCCS(=O)(=O)O.O=S(=O)(O)O.O=[S-](=O)[O-].O=[S-](=O)[O-].[Na+].[Na+].[Na+].[Na+]. The molecule has 0 aliphatic carbocycles. The molecule has 0 atom stereocenters. The van der Waals surface area contributed by atoms with Gasteiger partial charge in [0.25, 0.3) is 10.1 Å². The Morgan fingerprint density at radius 2 is 0.727 bits per heavy atom. The average molecular weight is 819 g/mol. The van der Waals surface area contributed by atoms with Crippen LogP contribution in [0.5, 0.6) is 0 Å². The molecule has 0 aliphatic heterocycles. The molecular formula is C8H30N4Na4O22S6. The summed E-state index contributed by atoms with van der Waals surface area (Å²) >= 11 is 0. The van der Waals surface area contributed by atoms with Gasteiger partial charge in [-0.05, 0) is 0 Å². The summed E-state index contributed by atoms with van der Waals surface area (Å²) in [5.74, 6) is -0.354. The summed E-state index contributed by atoms with van der Waals surface area (Å²) in [4.78, 5) is 0. The Balaban J connectivity index is -0.0000000322. The van der Waals surface area contributed by atoms with E-state index in [4.69, 9.17) is 85.2 Å². The van der Waals surface area contributed by atoms with E-state index in [1.165, 1.54) is 0 Å². The van der Waals surface area contributed by atoms with Gasteiger partial charge in [-0.2, -0.15) is 55.6 Å². The van der Waals surface area contributed by atoms with Crippen molar-refractivity contribution in [2.24, 2.45) is 22.9 Å². The molecule has 0 unspecified atom stereocenters. The van der Waals surface area contributed by atoms with Crippen molar-refractivity contribution in [2.45, 2.75) is 0 Å². The van der Waals surface area contributed by atoms with Crippen LogP contribution in [-0.2, 0) is 88.5 Å². The van der Waals surface area contributed by atoms with E-state index < -0.39 is 63.3 Å². The minimum absolute atomic E-state index is 0. The van der Waals surface area contributed by atoms with Gasteiger partial charge in [0.2, 0.25) is 0 Å². The van der Waals surface area contributed by atoms with Gasteiger partial charge < -0.3 is 54.0 Å². The van der Waals surface area contributed by atoms with E-state index in [1.54, 1.807) is 0 Å². The largest absolute Gasteiger partial charge is 1.00 e. The fourth-order valence-corrected chi connectivity index (χ4v) is 1.37. The Bertz CT molecular complexity index is 1050. The summed E-state index contributed by atoms with van der Waals surface area (Å²) in [5, 5.41) is 7.75. The van der Waals surface area contributed by atoms with Gasteiger partial charge in [-0.1, -0.05) is 0 Å². The molecule has 14 N–H and O–H groups in total. The molecule has 0 radical (unpaired) electrons. The van der Waals surface area contributed by atoms with Crippen LogP contribution < -0.4 is 141 Å². The zero-order valence-corrected chi connectivity index (χ0v) is 36.5. The summed E-state index contributed by atoms with van der Waals surface area (Å²) < 4.78 is 171. The third-order valence-corrected chi connectivity index (χ3v) is 2.89. The predicted molar refractivity (Wildman–Crippen MR) is 128 cm³/mol. The van der Waals surface area contributed by atoms with Gasteiger partial charge >= 0.3 is 149 Å². The Hall–Kier alpha value is 3.14. The number of nitrogens with two attached hydrogens (primary N) is 4. The van der Waals surface area contributed by atoms with Crippen LogP contribution in [0.4, 0.5) is 0 Å². The Labute approximate surface area is 347 Å². The van der Waals surface area contributed by atoms with Crippen LogP contribution in [0.2, 0.25) is 0 Å². The fraction of sp³-hybridized carbons (Fsp3) is 1.00. The minimum atomic E-state index is -4.67. The van der Waals surface area contributed by atoms with Gasteiger partial charge in [0.15, 0.2) is 0 Å². The van der Waals surface area contributed by atoms with Gasteiger partial charge in [-0.3, -0.25) is 22.8 Å². The normalized spacial score (nSPS) is 9.68. The van der Waals surface area contributed by atoms with Crippen molar-refractivity contribution in [2.75, 3.05) is 51.8 Å². The quantitative estimate of drug-likeness (QED) is 0.0447. The van der Waals surface area contributed by atoms with Gasteiger partial charge in [-0.25, -0.2) is 8.37 Å². The van der Waals surface area contributed by atoms with E-state index >= 15 is 0 Å². The second-order valence-electron chi connectivity index (χ2n) is 4.52. The third-order valence-electron chi connectivity index (χ3n) is 1.21. The molecule has 0 rings (SSSR count). The molecular weight excluding hydrogens is 788 g/mol. The van der Waals surface area contributed by atoms with E-state index in [-0.39, 0.29) is 163 Å². The van der Waals surface area contributed by atoms with Crippen molar-refractivity contribution < 1.29 is 214 Å². The minimum Gasteiger partial charge on any atom is -0.917 e. The molecule has 0 saturated heterocycles. The number of aliphatic hydroxyl groups is 1. The molecule has 36 heteroatoms. The fourth-order valence-electron chi connectivity index (χ4n) is 0.456. The van der Waals surface area contributed by atoms with E-state index in [2.05, 4.69) is 8.37 Å². The van der Waals surface area contributed by atoms with Crippen molar-refractivity contribution in [1.82, 2.24) is 0 Å². The van der Waals surface area contributed by atoms with Gasteiger partial charge in [0, 0.05) is 26.2 Å². The van der Waals surface area contributed by atoms with Crippen LogP contribution in [0, 0.1) is 0 Å². The second kappa shape index (κ2) is 50.5. The molecule has 254 valence electrons. The average Bonchev–Trinajstić information content (AvgIpc) is 2.68. The monoisotopic (exact) mass is 818 g/mol. The van der Waals surface area contributed by atoms with Crippen LogP contribution in [0.1, 0.15) is 0 Å². The van der Waals surface area contributed by atoms with Crippen molar-refractivity contribution in [3.05, 3.63) is 0 Å². The summed E-state index contributed by atoms with van der Waals surface area (Å²) in [5.41, 5.74) is 19.2. The first kappa shape index (κ1) is 76.8. The Kier molecular flexibility index (Phi) is 88.2. The zero-order chi connectivity index (χ0) is 34.2. The van der Waals surface area contributed by atoms with Gasteiger partial charge in [-0.15, -0.1) is 0 Å². The first-order valence-corrected chi connectivity index (χ1v) is 16.1. The van der Waals surface area contributed by atoms with E-state index in [0.29, 0.717) is 6.54 Å². The van der Waals surface area contributed by atoms with E-state index in [9.17, 15) is 25.3 Å². The Morgan fingerprint density at radius 1 is 0.545 bits per heavy atom. The first-order chi connectivity index (χ1) is 17.6. The molecule has 0 amide bonds. The second-order valence-corrected chi connectivity index (χ2v) is 9.99. The standard InChI is InChI=1S/2C2H7NO4S.C2H7NO3S.C2H7NO.4Na.H2O4S.2O3S/c2*3-1-2-7-8(4,5)6;3-1-2-7(4,5)6;3-1-2-4;;;;;1-5(2,3)4;2*1-4(2)3/h2*1-3H2,(H,4,5,6);1-3H2,(H,4,5,6);4H,1-3H2;;;;;(H2,1,2,3,4);;/q;;;;4*+1;;2*-2. The van der Waals surface area contributed by atoms with Crippen LogP contribution in [-0.4, -0.2) is 122 Å². The first-order valence-electron chi connectivity index (χ1n) is 8.39. The van der Waals surface area contributed by atoms with E-state index in [1.807, 2.05) is 0 Å². The maximum Gasteiger partial charge on any atom is 1.00 e. The molecule has 0 aromatic rings. The maximum atomic E-state index is 9.71. The molecule has 0 bridgehead atoms. The van der Waals surface area contributed by atoms with Crippen molar-refractivity contribution in [1.29, 1.82) is 0 Å². The maximum absolute atomic E-state index is 9.71. The molecule has 0 spiro atoms. The molecule has 44 heavy (non-hydrogen) atoms. The topological polar surface area (TPSA) is 495 Å². The number of hydrogen-bond donors (Lipinski definition) is 10. The molecule has 26 nitrogen and oxygen atoms in total. The molecule has 0 aromatic heterocycles.